The van der Waals surface area contributed by atoms with Crippen molar-refractivity contribution in [1.29, 1.82) is 0 Å². The summed E-state index contributed by atoms with van der Waals surface area (Å²) in [5.74, 6) is -0.712. The summed E-state index contributed by atoms with van der Waals surface area (Å²) in [5.41, 5.74) is 0.0784. The van der Waals surface area contributed by atoms with Crippen molar-refractivity contribution in [1.82, 2.24) is 10.3 Å². The molecule has 0 amide bonds. The Morgan fingerprint density at radius 2 is 2.22 bits per heavy atom. The first-order chi connectivity index (χ1) is 8.39. The monoisotopic (exact) mass is 270 g/mol. The summed E-state index contributed by atoms with van der Waals surface area (Å²) >= 11 is 1.71. The first-order valence-electron chi connectivity index (χ1n) is 6.23. The number of aryl methyl sites for hydroxylation is 1. The van der Waals surface area contributed by atoms with Gasteiger partial charge in [0.05, 0.1) is 5.01 Å². The quantitative estimate of drug-likeness (QED) is 0.713. The highest BCUT2D eigenvalue weighted by molar-refractivity contribution is 7.11. The standard InChI is InChI=1S/C13H22N2O2S/c1-10-15-9-11(18-10)8-14-7-6-13(2,3)5-4-12(16)17/h9,14H,4-8H2,1-3H3,(H,16,17). The van der Waals surface area contributed by atoms with Gasteiger partial charge < -0.3 is 10.4 Å². The molecule has 102 valence electrons. The van der Waals surface area contributed by atoms with Crippen LogP contribution in [0.4, 0.5) is 0 Å². The Balaban J connectivity index is 2.18. The molecule has 18 heavy (non-hydrogen) atoms. The number of hydrogen-bond donors (Lipinski definition) is 2. The van der Waals surface area contributed by atoms with Crippen LogP contribution in [0.1, 0.15) is 43.0 Å². The minimum Gasteiger partial charge on any atom is -0.481 e. The topological polar surface area (TPSA) is 62.2 Å². The van der Waals surface area contributed by atoms with Crippen molar-refractivity contribution in [3.8, 4) is 0 Å². The lowest BCUT2D eigenvalue weighted by atomic mass is 9.84. The Morgan fingerprint density at radius 1 is 1.50 bits per heavy atom. The summed E-state index contributed by atoms with van der Waals surface area (Å²) in [7, 11) is 0. The molecular weight excluding hydrogens is 248 g/mol. The highest BCUT2D eigenvalue weighted by Gasteiger charge is 2.18. The van der Waals surface area contributed by atoms with E-state index in [0.29, 0.717) is 0 Å². The number of hydrogen-bond acceptors (Lipinski definition) is 4. The van der Waals surface area contributed by atoms with Crippen LogP contribution in [-0.2, 0) is 11.3 Å². The van der Waals surface area contributed by atoms with E-state index in [1.807, 2.05) is 13.1 Å². The molecule has 0 aromatic carbocycles. The molecule has 2 N–H and O–H groups in total. The Hall–Kier alpha value is -0.940. The van der Waals surface area contributed by atoms with E-state index < -0.39 is 5.97 Å². The molecule has 1 rings (SSSR count). The van der Waals surface area contributed by atoms with Crippen molar-refractivity contribution in [2.75, 3.05) is 6.54 Å². The van der Waals surface area contributed by atoms with Crippen molar-refractivity contribution in [3.05, 3.63) is 16.1 Å². The summed E-state index contributed by atoms with van der Waals surface area (Å²) in [5, 5.41) is 13.2. The molecule has 5 heteroatoms. The molecule has 1 aromatic rings. The van der Waals surface area contributed by atoms with E-state index in [4.69, 9.17) is 5.11 Å². The van der Waals surface area contributed by atoms with Crippen LogP contribution < -0.4 is 5.32 Å². The van der Waals surface area contributed by atoms with E-state index in [1.165, 1.54) is 4.88 Å². The molecule has 0 saturated carbocycles. The molecule has 0 aliphatic rings. The van der Waals surface area contributed by atoms with Crippen LogP contribution in [0, 0.1) is 12.3 Å². The van der Waals surface area contributed by atoms with Gasteiger partial charge in [-0.25, -0.2) is 4.98 Å². The smallest absolute Gasteiger partial charge is 0.303 e. The van der Waals surface area contributed by atoms with Gasteiger partial charge in [-0.1, -0.05) is 13.8 Å². The lowest BCUT2D eigenvalue weighted by Gasteiger charge is -2.23. The summed E-state index contributed by atoms with van der Waals surface area (Å²) in [6, 6.07) is 0. The Bertz CT molecular complexity index is 388. The van der Waals surface area contributed by atoms with Gasteiger partial charge in [-0.05, 0) is 31.7 Å². The molecule has 0 unspecified atom stereocenters. The van der Waals surface area contributed by atoms with Crippen molar-refractivity contribution >= 4 is 17.3 Å². The molecule has 0 fully saturated rings. The van der Waals surface area contributed by atoms with Gasteiger partial charge in [0, 0.05) is 24.0 Å². The predicted molar refractivity (Wildman–Crippen MR) is 73.8 cm³/mol. The number of thiazole rings is 1. The van der Waals surface area contributed by atoms with Gasteiger partial charge in [0.2, 0.25) is 0 Å². The number of aliphatic carboxylic acids is 1. The van der Waals surface area contributed by atoms with Gasteiger partial charge in [-0.15, -0.1) is 11.3 Å². The molecule has 1 aromatic heterocycles. The predicted octanol–water partition coefficient (Wildman–Crippen LogP) is 2.82. The molecule has 0 saturated heterocycles. The van der Waals surface area contributed by atoms with Crippen LogP contribution in [0.5, 0.6) is 0 Å². The maximum absolute atomic E-state index is 10.5. The number of aromatic nitrogens is 1. The summed E-state index contributed by atoms with van der Waals surface area (Å²) in [6.45, 7) is 8.00. The fourth-order valence-corrected chi connectivity index (χ4v) is 2.46. The van der Waals surface area contributed by atoms with E-state index in [-0.39, 0.29) is 11.8 Å². The first kappa shape index (κ1) is 15.1. The third-order valence-corrected chi connectivity index (χ3v) is 3.88. The largest absolute Gasteiger partial charge is 0.481 e. The maximum atomic E-state index is 10.5. The molecule has 0 spiro atoms. The molecular formula is C13H22N2O2S. The number of rotatable bonds is 8. The number of carboxylic acids is 1. The van der Waals surface area contributed by atoms with E-state index in [1.54, 1.807) is 11.3 Å². The molecule has 1 heterocycles. The van der Waals surface area contributed by atoms with Gasteiger partial charge in [-0.3, -0.25) is 4.79 Å². The Morgan fingerprint density at radius 3 is 2.78 bits per heavy atom. The summed E-state index contributed by atoms with van der Waals surface area (Å²) < 4.78 is 0. The number of nitrogens with zero attached hydrogens (tertiary/aromatic N) is 1. The van der Waals surface area contributed by atoms with Crippen molar-refractivity contribution < 1.29 is 9.90 Å². The zero-order chi connectivity index (χ0) is 13.6. The fraction of sp³-hybridized carbons (Fsp3) is 0.692. The average Bonchev–Trinajstić information content (AvgIpc) is 2.68. The highest BCUT2D eigenvalue weighted by Crippen LogP contribution is 2.26. The van der Waals surface area contributed by atoms with Crippen LogP contribution >= 0.6 is 11.3 Å². The average molecular weight is 270 g/mol. The Labute approximate surface area is 112 Å². The van der Waals surface area contributed by atoms with E-state index in [2.05, 4.69) is 24.1 Å². The second kappa shape index (κ2) is 6.85. The zero-order valence-corrected chi connectivity index (χ0v) is 12.1. The summed E-state index contributed by atoms with van der Waals surface area (Å²) in [4.78, 5) is 16.0. The van der Waals surface area contributed by atoms with Crippen LogP contribution in [0.3, 0.4) is 0 Å². The molecule has 0 aliphatic heterocycles. The first-order valence-corrected chi connectivity index (χ1v) is 7.04. The number of carbonyl (C=O) groups is 1. The molecule has 4 nitrogen and oxygen atoms in total. The molecule has 0 radical (unpaired) electrons. The van der Waals surface area contributed by atoms with Gasteiger partial charge >= 0.3 is 5.97 Å². The Kier molecular flexibility index (Phi) is 5.75. The normalized spacial score (nSPS) is 11.7. The second-order valence-corrected chi connectivity index (χ2v) is 6.65. The summed E-state index contributed by atoms with van der Waals surface area (Å²) in [6.07, 6.45) is 3.87. The molecule has 0 bridgehead atoms. The van der Waals surface area contributed by atoms with Crippen LogP contribution in [0.25, 0.3) is 0 Å². The van der Waals surface area contributed by atoms with Crippen molar-refractivity contribution in [2.24, 2.45) is 5.41 Å². The van der Waals surface area contributed by atoms with Gasteiger partial charge in [-0.2, -0.15) is 0 Å². The SMILES string of the molecule is Cc1ncc(CNCCC(C)(C)CCC(=O)O)s1. The lowest BCUT2D eigenvalue weighted by molar-refractivity contribution is -0.137. The minimum absolute atomic E-state index is 0.0784. The third-order valence-electron chi connectivity index (χ3n) is 2.96. The minimum atomic E-state index is -0.712. The van der Waals surface area contributed by atoms with Gasteiger partial charge in [0.25, 0.3) is 0 Å². The van der Waals surface area contributed by atoms with Crippen LogP contribution in [-0.4, -0.2) is 22.6 Å². The highest BCUT2D eigenvalue weighted by atomic mass is 32.1. The lowest BCUT2D eigenvalue weighted by Crippen LogP contribution is -2.22. The molecule has 0 atom stereocenters. The zero-order valence-electron chi connectivity index (χ0n) is 11.3. The van der Waals surface area contributed by atoms with Crippen molar-refractivity contribution in [3.63, 3.8) is 0 Å². The van der Waals surface area contributed by atoms with Crippen LogP contribution in [0.15, 0.2) is 6.20 Å². The fourth-order valence-electron chi connectivity index (χ4n) is 1.70. The maximum Gasteiger partial charge on any atom is 0.303 e. The van der Waals surface area contributed by atoms with Gasteiger partial charge in [0.1, 0.15) is 0 Å². The third kappa shape index (κ3) is 6.12. The second-order valence-electron chi connectivity index (χ2n) is 5.33. The van der Waals surface area contributed by atoms with E-state index in [9.17, 15) is 4.79 Å². The van der Waals surface area contributed by atoms with E-state index in [0.717, 1.165) is 30.9 Å². The van der Waals surface area contributed by atoms with Gasteiger partial charge in [0.15, 0.2) is 0 Å². The molecule has 0 aliphatic carbocycles. The van der Waals surface area contributed by atoms with Crippen LogP contribution in [0.2, 0.25) is 0 Å². The van der Waals surface area contributed by atoms with Crippen molar-refractivity contribution in [2.45, 2.75) is 46.6 Å². The number of carboxylic acid groups (broad SMARTS) is 1. The van der Waals surface area contributed by atoms with E-state index >= 15 is 0 Å². The number of nitrogens with one attached hydrogen (secondary N) is 1.